The van der Waals surface area contributed by atoms with Gasteiger partial charge in [0, 0.05) is 23.1 Å². The van der Waals surface area contributed by atoms with Gasteiger partial charge in [-0.3, -0.25) is 0 Å². The van der Waals surface area contributed by atoms with Crippen LogP contribution in [0, 0.1) is 0 Å². The second-order valence-electron chi connectivity index (χ2n) is 4.08. The molecule has 1 aliphatic rings. The van der Waals surface area contributed by atoms with E-state index in [0.717, 1.165) is 18.7 Å². The molecule has 1 heterocycles. The quantitative estimate of drug-likeness (QED) is 0.885. The molecule has 0 radical (unpaired) electrons. The zero-order chi connectivity index (χ0) is 10.9. The first-order valence-corrected chi connectivity index (χ1v) is 5.63. The van der Waals surface area contributed by atoms with Crippen LogP contribution in [-0.4, -0.2) is 18.7 Å². The summed E-state index contributed by atoms with van der Waals surface area (Å²) in [6.45, 7) is 4.38. The topological polar surface area (TPSA) is 21.3 Å². The van der Waals surface area contributed by atoms with Crippen molar-refractivity contribution >= 4 is 23.2 Å². The van der Waals surface area contributed by atoms with Crippen LogP contribution in [-0.2, 0) is 11.3 Å². The Morgan fingerprint density at radius 1 is 1.40 bits per heavy atom. The monoisotopic (exact) mass is 245 g/mol. The van der Waals surface area contributed by atoms with E-state index in [-0.39, 0.29) is 5.60 Å². The first-order valence-electron chi connectivity index (χ1n) is 4.88. The van der Waals surface area contributed by atoms with E-state index in [0.29, 0.717) is 16.7 Å². The van der Waals surface area contributed by atoms with Gasteiger partial charge in [-0.2, -0.15) is 0 Å². The number of hydrogen-bond acceptors (Lipinski definition) is 2. The number of nitrogens with one attached hydrogen (secondary N) is 1. The predicted molar refractivity (Wildman–Crippen MR) is 62.5 cm³/mol. The molecule has 1 fully saturated rings. The van der Waals surface area contributed by atoms with Crippen molar-refractivity contribution in [2.75, 3.05) is 13.1 Å². The molecule has 0 aromatic heterocycles. The molecule has 0 unspecified atom stereocenters. The van der Waals surface area contributed by atoms with Gasteiger partial charge in [0.05, 0.1) is 12.2 Å². The average molecular weight is 246 g/mol. The van der Waals surface area contributed by atoms with Crippen molar-refractivity contribution in [3.8, 4) is 0 Å². The third-order valence-electron chi connectivity index (χ3n) is 2.58. The molecule has 0 saturated carbocycles. The van der Waals surface area contributed by atoms with Crippen LogP contribution >= 0.6 is 23.2 Å². The van der Waals surface area contributed by atoms with Gasteiger partial charge in [0.15, 0.2) is 0 Å². The molecule has 0 atom stereocenters. The second kappa shape index (κ2) is 4.30. The predicted octanol–water partition coefficient (Wildman–Crippen LogP) is 2.87. The van der Waals surface area contributed by atoms with Gasteiger partial charge in [0.25, 0.3) is 0 Å². The van der Waals surface area contributed by atoms with Crippen molar-refractivity contribution in [2.45, 2.75) is 19.1 Å². The van der Waals surface area contributed by atoms with Crippen molar-refractivity contribution in [3.05, 3.63) is 33.8 Å². The summed E-state index contributed by atoms with van der Waals surface area (Å²) in [6.07, 6.45) is 0. The first-order chi connectivity index (χ1) is 7.09. The minimum Gasteiger partial charge on any atom is -0.368 e. The highest BCUT2D eigenvalue weighted by molar-refractivity contribution is 6.33. The van der Waals surface area contributed by atoms with Crippen LogP contribution in [0.1, 0.15) is 12.5 Å². The van der Waals surface area contributed by atoms with Gasteiger partial charge in [0.2, 0.25) is 0 Å². The Morgan fingerprint density at radius 3 is 2.73 bits per heavy atom. The van der Waals surface area contributed by atoms with E-state index in [1.54, 1.807) is 12.1 Å². The lowest BCUT2D eigenvalue weighted by Gasteiger charge is -2.39. The van der Waals surface area contributed by atoms with Crippen molar-refractivity contribution < 1.29 is 4.74 Å². The highest BCUT2D eigenvalue weighted by Crippen LogP contribution is 2.24. The standard InChI is InChI=1S/C11H13Cl2NO/c1-11(6-14-7-11)15-5-8-4-9(12)2-3-10(8)13/h2-4,14H,5-7H2,1H3. The largest absolute Gasteiger partial charge is 0.368 e. The number of halogens is 2. The van der Waals surface area contributed by atoms with Crippen LogP contribution < -0.4 is 5.32 Å². The van der Waals surface area contributed by atoms with Crippen LogP contribution in [0.5, 0.6) is 0 Å². The van der Waals surface area contributed by atoms with E-state index in [1.807, 2.05) is 6.07 Å². The lowest BCUT2D eigenvalue weighted by Crippen LogP contribution is -2.58. The Bertz CT molecular complexity index is 364. The smallest absolute Gasteiger partial charge is 0.0906 e. The molecule has 1 aliphatic heterocycles. The Hall–Kier alpha value is -0.280. The van der Waals surface area contributed by atoms with Crippen LogP contribution in [0.15, 0.2) is 18.2 Å². The lowest BCUT2D eigenvalue weighted by molar-refractivity contribution is -0.0767. The summed E-state index contributed by atoms with van der Waals surface area (Å²) < 4.78 is 5.78. The maximum atomic E-state index is 6.03. The molecule has 4 heteroatoms. The SMILES string of the molecule is CC1(OCc2cc(Cl)ccc2Cl)CNC1. The van der Waals surface area contributed by atoms with E-state index >= 15 is 0 Å². The Morgan fingerprint density at radius 2 is 2.13 bits per heavy atom. The molecule has 1 N–H and O–H groups in total. The van der Waals surface area contributed by atoms with Crippen molar-refractivity contribution in [3.63, 3.8) is 0 Å². The van der Waals surface area contributed by atoms with Crippen molar-refractivity contribution in [2.24, 2.45) is 0 Å². The highest BCUT2D eigenvalue weighted by Gasteiger charge is 2.32. The lowest BCUT2D eigenvalue weighted by atomic mass is 10.00. The van der Waals surface area contributed by atoms with Gasteiger partial charge < -0.3 is 10.1 Å². The van der Waals surface area contributed by atoms with E-state index in [1.165, 1.54) is 0 Å². The molecule has 0 bridgehead atoms. The first kappa shape index (κ1) is 11.2. The Labute approximate surface area is 99.5 Å². The summed E-state index contributed by atoms with van der Waals surface area (Å²) in [7, 11) is 0. The number of ether oxygens (including phenoxy) is 1. The van der Waals surface area contributed by atoms with E-state index in [2.05, 4.69) is 12.2 Å². The second-order valence-corrected chi connectivity index (χ2v) is 4.92. The average Bonchev–Trinajstić information content (AvgIpc) is 2.17. The molecule has 0 aliphatic carbocycles. The summed E-state index contributed by atoms with van der Waals surface area (Å²) in [6, 6.07) is 5.42. The van der Waals surface area contributed by atoms with Crippen LogP contribution in [0.3, 0.4) is 0 Å². The van der Waals surface area contributed by atoms with Gasteiger partial charge in [-0.05, 0) is 30.7 Å². The summed E-state index contributed by atoms with van der Waals surface area (Å²) in [5.41, 5.74) is 0.892. The van der Waals surface area contributed by atoms with E-state index < -0.39 is 0 Å². The maximum absolute atomic E-state index is 6.03. The number of hydrogen-bond donors (Lipinski definition) is 1. The Balaban J connectivity index is 2.01. The molecule has 0 amide bonds. The third-order valence-corrected chi connectivity index (χ3v) is 3.19. The van der Waals surface area contributed by atoms with Gasteiger partial charge in [-0.1, -0.05) is 23.2 Å². The molecule has 1 aromatic carbocycles. The van der Waals surface area contributed by atoms with Crippen LogP contribution in [0.25, 0.3) is 0 Å². The fourth-order valence-electron chi connectivity index (χ4n) is 1.49. The summed E-state index contributed by atoms with van der Waals surface area (Å²) in [5.74, 6) is 0. The maximum Gasteiger partial charge on any atom is 0.0906 e. The minimum atomic E-state index is -0.0500. The van der Waals surface area contributed by atoms with Gasteiger partial charge in [-0.25, -0.2) is 0 Å². The molecule has 1 saturated heterocycles. The molecule has 2 rings (SSSR count). The fraction of sp³-hybridized carbons (Fsp3) is 0.455. The molecule has 1 aromatic rings. The van der Waals surface area contributed by atoms with Crippen molar-refractivity contribution in [1.82, 2.24) is 5.32 Å². The summed E-state index contributed by atoms with van der Waals surface area (Å²) in [4.78, 5) is 0. The van der Waals surface area contributed by atoms with Gasteiger partial charge in [0.1, 0.15) is 0 Å². The number of benzene rings is 1. The van der Waals surface area contributed by atoms with Gasteiger partial charge in [-0.15, -0.1) is 0 Å². The molecule has 15 heavy (non-hydrogen) atoms. The molecule has 2 nitrogen and oxygen atoms in total. The minimum absolute atomic E-state index is 0.0500. The highest BCUT2D eigenvalue weighted by atomic mass is 35.5. The molecule has 82 valence electrons. The van der Waals surface area contributed by atoms with Gasteiger partial charge >= 0.3 is 0 Å². The van der Waals surface area contributed by atoms with Crippen LogP contribution in [0.4, 0.5) is 0 Å². The van der Waals surface area contributed by atoms with E-state index in [4.69, 9.17) is 27.9 Å². The molecular weight excluding hydrogens is 233 g/mol. The summed E-state index contributed by atoms with van der Waals surface area (Å²) >= 11 is 11.9. The normalized spacial score (nSPS) is 18.6. The third kappa shape index (κ3) is 2.64. The van der Waals surface area contributed by atoms with Crippen molar-refractivity contribution in [1.29, 1.82) is 0 Å². The number of rotatable bonds is 3. The fourth-order valence-corrected chi connectivity index (χ4v) is 1.85. The molecular formula is C11H13Cl2NO. The summed E-state index contributed by atoms with van der Waals surface area (Å²) in [5, 5.41) is 4.57. The van der Waals surface area contributed by atoms with E-state index in [9.17, 15) is 0 Å². The zero-order valence-corrected chi connectivity index (χ0v) is 10.0. The zero-order valence-electron chi connectivity index (χ0n) is 8.52. The Kier molecular flexibility index (Phi) is 3.21. The molecule has 0 spiro atoms. The van der Waals surface area contributed by atoms with Crippen LogP contribution in [0.2, 0.25) is 10.0 Å².